The molecule has 4 rings (SSSR count). The Morgan fingerprint density at radius 1 is 1.27 bits per heavy atom. The van der Waals surface area contributed by atoms with Crippen LogP contribution in [-0.4, -0.2) is 42.0 Å². The number of fused-ring (bicyclic) bond motifs is 4. The second kappa shape index (κ2) is 7.46. The van der Waals surface area contributed by atoms with Crippen LogP contribution in [0, 0.1) is 5.92 Å². The Balaban J connectivity index is 1.60. The highest BCUT2D eigenvalue weighted by Crippen LogP contribution is 2.40. The molecule has 2 aliphatic heterocycles. The largest absolute Gasteiger partial charge is 0.445 e. The highest BCUT2D eigenvalue weighted by atomic mass is 19.1. The number of aromatic nitrogens is 1. The van der Waals surface area contributed by atoms with Crippen LogP contribution < -0.4 is 16.2 Å². The molecular weight excluding hydrogens is 339 g/mol. The molecule has 0 spiro atoms. The second-order valence-electron chi connectivity index (χ2n) is 7.43. The Kier molecular flexibility index (Phi) is 5.06. The van der Waals surface area contributed by atoms with Crippen molar-refractivity contribution < 1.29 is 18.7 Å². The zero-order valence-electron chi connectivity index (χ0n) is 14.8. The molecule has 3 N–H and O–H groups in total. The van der Waals surface area contributed by atoms with E-state index in [4.69, 9.17) is 9.47 Å². The minimum atomic E-state index is -0.996. The molecule has 6 atom stereocenters. The summed E-state index contributed by atoms with van der Waals surface area (Å²) < 4.78 is 25.8. The lowest BCUT2D eigenvalue weighted by molar-refractivity contribution is -0.0785. The van der Waals surface area contributed by atoms with Crippen molar-refractivity contribution in [2.45, 2.75) is 63.3 Å². The Labute approximate surface area is 152 Å². The number of rotatable bonds is 0. The van der Waals surface area contributed by atoms with Gasteiger partial charge in [-0.05, 0) is 43.7 Å². The standard InChI is InChI=1S/C18H25FN4O3/c1-10-2-3-21-18(24)25-9-11-4-12(8-20-7-11)17-13-5-16(26-10)14(19)6-15(13)22-23-17/h4,7-8,10,13-17,22-23H,2-3,5-6,9H2,1H3,(H,21,24)/t10-,13?,14?,15?,16?,17?/m1/s1. The van der Waals surface area contributed by atoms with Gasteiger partial charge in [0.05, 0.1) is 18.2 Å². The maximum absolute atomic E-state index is 14.6. The van der Waals surface area contributed by atoms with Gasteiger partial charge in [0.1, 0.15) is 12.8 Å². The molecule has 4 bridgehead atoms. The van der Waals surface area contributed by atoms with Gasteiger partial charge in [-0.25, -0.2) is 14.6 Å². The normalized spacial score (nSPS) is 37.8. The molecule has 2 fully saturated rings. The van der Waals surface area contributed by atoms with Crippen molar-refractivity contribution in [1.29, 1.82) is 0 Å². The number of alkyl carbamates (subject to hydrolysis) is 1. The Morgan fingerprint density at radius 3 is 3.04 bits per heavy atom. The van der Waals surface area contributed by atoms with Gasteiger partial charge in [-0.2, -0.15) is 0 Å². The van der Waals surface area contributed by atoms with Crippen LogP contribution in [0.15, 0.2) is 18.5 Å². The molecule has 142 valence electrons. The predicted octanol–water partition coefficient (Wildman–Crippen LogP) is 1.75. The number of hydrazine groups is 1. The maximum Gasteiger partial charge on any atom is 0.407 e. The van der Waals surface area contributed by atoms with Crippen LogP contribution >= 0.6 is 0 Å². The molecule has 1 saturated carbocycles. The van der Waals surface area contributed by atoms with E-state index in [9.17, 15) is 9.18 Å². The minimum Gasteiger partial charge on any atom is -0.445 e. The molecule has 26 heavy (non-hydrogen) atoms. The molecule has 1 aromatic rings. The summed E-state index contributed by atoms with van der Waals surface area (Å²) in [5, 5.41) is 2.71. The molecule has 0 radical (unpaired) electrons. The number of halogens is 1. The number of carbonyl (C=O) groups excluding carboxylic acids is 1. The number of hydrogen-bond donors (Lipinski definition) is 3. The average molecular weight is 364 g/mol. The van der Waals surface area contributed by atoms with E-state index in [0.29, 0.717) is 25.8 Å². The first-order valence-electron chi connectivity index (χ1n) is 9.25. The molecule has 1 aromatic heterocycles. The van der Waals surface area contributed by atoms with Crippen LogP contribution in [0.3, 0.4) is 0 Å². The van der Waals surface area contributed by atoms with Crippen molar-refractivity contribution in [3.8, 4) is 0 Å². The first-order chi connectivity index (χ1) is 12.6. The van der Waals surface area contributed by atoms with Gasteiger partial charge < -0.3 is 14.8 Å². The minimum absolute atomic E-state index is 0.0281. The lowest BCUT2D eigenvalue weighted by Gasteiger charge is -2.36. The van der Waals surface area contributed by atoms with Crippen molar-refractivity contribution in [3.63, 3.8) is 0 Å². The highest BCUT2D eigenvalue weighted by Gasteiger charge is 2.46. The van der Waals surface area contributed by atoms with E-state index in [0.717, 1.165) is 11.1 Å². The summed E-state index contributed by atoms with van der Waals surface area (Å²) in [6.07, 6.45) is 3.16. The molecule has 1 aliphatic carbocycles. The quantitative estimate of drug-likeness (QED) is 0.650. The summed E-state index contributed by atoms with van der Waals surface area (Å²) in [5.74, 6) is 0.224. The molecule has 1 saturated heterocycles. The van der Waals surface area contributed by atoms with Crippen LogP contribution in [-0.2, 0) is 16.1 Å². The van der Waals surface area contributed by atoms with Gasteiger partial charge in [-0.15, -0.1) is 0 Å². The molecule has 5 unspecified atom stereocenters. The van der Waals surface area contributed by atoms with Gasteiger partial charge in [0, 0.05) is 30.5 Å². The van der Waals surface area contributed by atoms with Crippen LogP contribution in [0.2, 0.25) is 0 Å². The number of cyclic esters (lactones) is 1. The van der Waals surface area contributed by atoms with Gasteiger partial charge >= 0.3 is 6.09 Å². The Bertz CT molecular complexity index is 661. The number of nitrogens with zero attached hydrogens (tertiary/aromatic N) is 1. The van der Waals surface area contributed by atoms with Crippen molar-refractivity contribution in [2.24, 2.45) is 5.92 Å². The summed E-state index contributed by atoms with van der Waals surface area (Å²) in [4.78, 5) is 16.1. The van der Waals surface area contributed by atoms with Gasteiger partial charge in [-0.1, -0.05) is 0 Å². The van der Waals surface area contributed by atoms with Crippen molar-refractivity contribution in [3.05, 3.63) is 29.6 Å². The number of hydrogen-bond acceptors (Lipinski definition) is 6. The van der Waals surface area contributed by atoms with Gasteiger partial charge in [-0.3, -0.25) is 10.4 Å². The lowest BCUT2D eigenvalue weighted by atomic mass is 9.77. The Morgan fingerprint density at radius 2 is 2.15 bits per heavy atom. The Hall–Kier alpha value is -1.77. The fourth-order valence-corrected chi connectivity index (χ4v) is 4.16. The van der Waals surface area contributed by atoms with E-state index < -0.39 is 18.4 Å². The van der Waals surface area contributed by atoms with E-state index >= 15 is 0 Å². The van der Waals surface area contributed by atoms with Crippen molar-refractivity contribution in [1.82, 2.24) is 21.2 Å². The summed E-state index contributed by atoms with van der Waals surface area (Å²) >= 11 is 0. The van der Waals surface area contributed by atoms with Crippen LogP contribution in [0.4, 0.5) is 9.18 Å². The second-order valence-corrected chi connectivity index (χ2v) is 7.43. The summed E-state index contributed by atoms with van der Waals surface area (Å²) in [5.41, 5.74) is 8.37. The van der Waals surface area contributed by atoms with Gasteiger partial charge in [0.2, 0.25) is 0 Å². The fourth-order valence-electron chi connectivity index (χ4n) is 4.16. The zero-order chi connectivity index (χ0) is 18.1. The third-order valence-corrected chi connectivity index (χ3v) is 5.53. The molecule has 0 aromatic carbocycles. The number of nitrogens with one attached hydrogen (secondary N) is 3. The summed E-state index contributed by atoms with van der Waals surface area (Å²) in [6, 6.07) is 2.09. The van der Waals surface area contributed by atoms with E-state index in [-0.39, 0.29) is 30.7 Å². The average Bonchev–Trinajstić information content (AvgIpc) is 3.02. The third-order valence-electron chi connectivity index (χ3n) is 5.53. The predicted molar refractivity (Wildman–Crippen MR) is 91.8 cm³/mol. The first kappa shape index (κ1) is 17.6. The fraction of sp³-hybridized carbons (Fsp3) is 0.667. The number of pyridine rings is 1. The van der Waals surface area contributed by atoms with Crippen LogP contribution in [0.1, 0.15) is 43.4 Å². The van der Waals surface area contributed by atoms with Crippen LogP contribution in [0.25, 0.3) is 0 Å². The summed E-state index contributed by atoms with van der Waals surface area (Å²) in [7, 11) is 0. The first-order valence-corrected chi connectivity index (χ1v) is 9.25. The zero-order valence-corrected chi connectivity index (χ0v) is 14.8. The van der Waals surface area contributed by atoms with Crippen LogP contribution in [0.5, 0.6) is 0 Å². The topological polar surface area (TPSA) is 84.5 Å². The van der Waals surface area contributed by atoms with E-state index in [1.807, 2.05) is 19.2 Å². The third kappa shape index (κ3) is 3.67. The van der Waals surface area contributed by atoms with Gasteiger partial charge in [0.15, 0.2) is 0 Å². The maximum atomic E-state index is 14.6. The van der Waals surface area contributed by atoms with Crippen molar-refractivity contribution in [2.75, 3.05) is 6.54 Å². The molecule has 1 amide bonds. The van der Waals surface area contributed by atoms with E-state index in [1.165, 1.54) is 0 Å². The monoisotopic (exact) mass is 364 g/mol. The SMILES string of the molecule is C[C@@H]1CCNC(=O)OCc2cncc(c2)C2NNC3CC(F)C(CC32)O1. The lowest BCUT2D eigenvalue weighted by Crippen LogP contribution is -2.45. The van der Waals surface area contributed by atoms with Crippen molar-refractivity contribution >= 4 is 6.09 Å². The summed E-state index contributed by atoms with van der Waals surface area (Å²) in [6.45, 7) is 2.52. The molecular formula is C18H25FN4O3. The highest BCUT2D eigenvalue weighted by molar-refractivity contribution is 5.67. The number of alkyl halides is 1. The number of carbonyl (C=O) groups is 1. The van der Waals surface area contributed by atoms with E-state index in [1.54, 1.807) is 6.20 Å². The van der Waals surface area contributed by atoms with E-state index in [2.05, 4.69) is 21.2 Å². The smallest absolute Gasteiger partial charge is 0.407 e. The molecule has 7 nitrogen and oxygen atoms in total. The molecule has 3 heterocycles. The molecule has 3 aliphatic rings. The number of amides is 1. The number of ether oxygens (including phenoxy) is 2. The van der Waals surface area contributed by atoms with Gasteiger partial charge in [0.25, 0.3) is 0 Å². The molecule has 8 heteroatoms.